The van der Waals surface area contributed by atoms with Gasteiger partial charge in [0.05, 0.1) is 5.69 Å². The molecule has 0 bridgehead atoms. The number of nitrogens with two attached hydrogens (primary N) is 1. The quantitative estimate of drug-likeness (QED) is 0.299. The second kappa shape index (κ2) is 11.1. The van der Waals surface area contributed by atoms with Gasteiger partial charge in [-0.1, -0.05) is 50.8 Å². The van der Waals surface area contributed by atoms with Crippen LogP contribution in [0.5, 0.6) is 0 Å². The molecule has 1 unspecified atom stereocenters. The number of allylic oxidation sites excluding steroid dienone is 2. The molecule has 1 heterocycles. The molecule has 0 saturated carbocycles. The molecule has 6 heteroatoms. The van der Waals surface area contributed by atoms with Gasteiger partial charge in [0, 0.05) is 23.0 Å². The summed E-state index contributed by atoms with van der Waals surface area (Å²) in [6.45, 7) is 6.35. The first kappa shape index (κ1) is 24.2. The molecule has 2 rings (SSSR count). The van der Waals surface area contributed by atoms with Crippen LogP contribution in [0.1, 0.15) is 44.1 Å². The summed E-state index contributed by atoms with van der Waals surface area (Å²) in [6, 6.07) is 3.10. The third-order valence-electron chi connectivity index (χ3n) is 4.25. The summed E-state index contributed by atoms with van der Waals surface area (Å²) in [4.78, 5) is 13.1. The summed E-state index contributed by atoms with van der Waals surface area (Å²) in [7, 11) is 0. The second-order valence-corrected chi connectivity index (χ2v) is 6.12. The number of carbonyl (C=O) groups excluding carboxylic acids is 1. The van der Waals surface area contributed by atoms with Gasteiger partial charge in [-0.15, -0.1) is 5.70 Å². The van der Waals surface area contributed by atoms with Gasteiger partial charge in [-0.25, -0.2) is 4.39 Å². The van der Waals surface area contributed by atoms with Crippen LogP contribution in [0.4, 0.5) is 10.1 Å². The smallest absolute Gasteiger partial charge is 0.429 e. The number of nitrogen functional groups attached to an aromatic ring is 1. The Hall–Kier alpha value is -0.758. The van der Waals surface area contributed by atoms with Crippen LogP contribution in [-0.2, 0) is 4.79 Å². The minimum absolute atomic E-state index is 0. The summed E-state index contributed by atoms with van der Waals surface area (Å²) in [6.07, 6.45) is 6.63. The summed E-state index contributed by atoms with van der Waals surface area (Å²) < 4.78 is 14.4. The molecular formula is C19H24ClFN2OU. The van der Waals surface area contributed by atoms with Gasteiger partial charge in [-0.05, 0) is 24.6 Å². The number of halogens is 2. The average molecular weight is 589 g/mol. The molecule has 1 aromatic rings. The predicted molar refractivity (Wildman–Crippen MR) is 98.7 cm³/mol. The zero-order valence-electron chi connectivity index (χ0n) is 14.7. The Morgan fingerprint density at radius 2 is 2.24 bits per heavy atom. The summed E-state index contributed by atoms with van der Waals surface area (Å²) >= 11 is 6.19. The maximum Gasteiger partial charge on any atom is 2.00 e. The van der Waals surface area contributed by atoms with Gasteiger partial charge in [-0.3, -0.25) is 0 Å². The minimum atomic E-state index is -0.449. The topological polar surface area (TPSA) is 46.3 Å². The number of hydrogen-bond donors (Lipinski definition) is 1. The molecule has 0 aromatic heterocycles. The first-order chi connectivity index (χ1) is 11.0. The Labute approximate surface area is 178 Å². The Balaban J connectivity index is 0.00000288. The van der Waals surface area contributed by atoms with Crippen LogP contribution in [0.15, 0.2) is 36.2 Å². The summed E-state index contributed by atoms with van der Waals surface area (Å²) in [5.41, 5.74) is 7.82. The fourth-order valence-corrected chi connectivity index (χ4v) is 3.40. The van der Waals surface area contributed by atoms with E-state index in [1.54, 1.807) is 12.3 Å². The molecule has 0 amide bonds. The first-order valence-corrected chi connectivity index (χ1v) is 8.14. The number of hydrogen-bond acceptors (Lipinski definition) is 3. The van der Waals surface area contributed by atoms with Crippen molar-refractivity contribution in [2.24, 2.45) is 0 Å². The van der Waals surface area contributed by atoms with Crippen LogP contribution in [-0.4, -0.2) is 17.7 Å². The van der Waals surface area contributed by atoms with E-state index in [1.165, 1.54) is 6.07 Å². The molecule has 1 aliphatic rings. The van der Waals surface area contributed by atoms with Crippen molar-refractivity contribution >= 4 is 23.6 Å². The molecule has 3 nitrogen and oxygen atoms in total. The number of rotatable bonds is 5. The number of piperidine rings is 1. The van der Waals surface area contributed by atoms with Crippen molar-refractivity contribution in [2.45, 2.75) is 38.5 Å². The minimum Gasteiger partial charge on any atom is -0.429 e. The van der Waals surface area contributed by atoms with Crippen LogP contribution in [0, 0.1) is 44.4 Å². The van der Waals surface area contributed by atoms with Gasteiger partial charge >= 0.3 is 31.1 Å². The van der Waals surface area contributed by atoms with E-state index in [0.29, 0.717) is 42.0 Å². The van der Waals surface area contributed by atoms with E-state index in [2.05, 4.69) is 6.58 Å². The molecule has 0 aliphatic carbocycles. The van der Waals surface area contributed by atoms with Gasteiger partial charge in [0.1, 0.15) is 0 Å². The molecule has 1 atom stereocenters. The Morgan fingerprint density at radius 3 is 2.80 bits per heavy atom. The Kier molecular flexibility index (Phi) is 10.7. The normalized spacial score (nSPS) is 18.7. The van der Waals surface area contributed by atoms with Crippen molar-refractivity contribution in [1.82, 2.24) is 4.90 Å². The number of nitrogens with zero attached hydrogens (tertiary/aromatic N) is 1. The predicted octanol–water partition coefficient (Wildman–Crippen LogP) is 5.00. The molecular weight excluding hydrogens is 565 g/mol. The number of anilines is 1. The SMILES string of the molecule is C=CN1CC(c2c(Cl)ccc(N)c2F)CC/C1=C(\[C-]=O)CCC.[CH3-].[U+2]. The van der Waals surface area contributed by atoms with E-state index in [1.807, 2.05) is 18.1 Å². The summed E-state index contributed by atoms with van der Waals surface area (Å²) in [5, 5.41) is 0.383. The van der Waals surface area contributed by atoms with Crippen LogP contribution in [0.2, 0.25) is 5.02 Å². The van der Waals surface area contributed by atoms with Crippen molar-refractivity contribution in [1.29, 1.82) is 0 Å². The maximum absolute atomic E-state index is 14.4. The van der Waals surface area contributed by atoms with E-state index >= 15 is 0 Å². The standard InChI is InChI=1S/C18H21ClFN2O.CH3.U/c1-3-5-13(11-23)16-9-6-12(10-22(16)4-2)17-14(19)7-8-15(21)18(17)20;;/h4,7-8,12H,2-3,5-6,9-10,21H2,1H3;1H3;/q2*-1;+2/b16-13+;;. The second-order valence-electron chi connectivity index (χ2n) is 5.71. The summed E-state index contributed by atoms with van der Waals surface area (Å²) in [5.74, 6) is -0.544. The van der Waals surface area contributed by atoms with Crippen molar-refractivity contribution in [3.63, 3.8) is 0 Å². The van der Waals surface area contributed by atoms with Gasteiger partial charge in [0.2, 0.25) is 0 Å². The molecule has 1 aromatic carbocycles. The zero-order valence-corrected chi connectivity index (χ0v) is 19.7. The van der Waals surface area contributed by atoms with Gasteiger partial charge in [0.15, 0.2) is 5.82 Å². The van der Waals surface area contributed by atoms with E-state index in [4.69, 9.17) is 17.3 Å². The molecule has 25 heavy (non-hydrogen) atoms. The first-order valence-electron chi connectivity index (χ1n) is 7.76. The third-order valence-corrected chi connectivity index (χ3v) is 4.58. The van der Waals surface area contributed by atoms with E-state index in [9.17, 15) is 9.18 Å². The van der Waals surface area contributed by atoms with Crippen LogP contribution in [0.25, 0.3) is 0 Å². The molecule has 1 aliphatic heterocycles. The average Bonchev–Trinajstić information content (AvgIpc) is 2.56. The third kappa shape index (κ3) is 5.36. The Bertz CT molecular complexity index is 649. The van der Waals surface area contributed by atoms with Gasteiger partial charge in [-0.2, -0.15) is 5.57 Å². The molecule has 1 fully saturated rings. The molecule has 134 valence electrons. The maximum atomic E-state index is 14.4. The van der Waals surface area contributed by atoms with Crippen molar-refractivity contribution in [3.05, 3.63) is 60.0 Å². The van der Waals surface area contributed by atoms with E-state index < -0.39 is 5.82 Å². The van der Waals surface area contributed by atoms with Gasteiger partial charge < -0.3 is 22.9 Å². The van der Waals surface area contributed by atoms with Crippen LogP contribution >= 0.6 is 11.6 Å². The van der Waals surface area contributed by atoms with Gasteiger partial charge in [0.25, 0.3) is 0 Å². The monoisotopic (exact) mass is 588 g/mol. The molecule has 0 spiro atoms. The van der Waals surface area contributed by atoms with Crippen molar-refractivity contribution in [3.8, 4) is 0 Å². The molecule has 1 saturated heterocycles. The van der Waals surface area contributed by atoms with E-state index in [0.717, 1.165) is 12.1 Å². The Morgan fingerprint density at radius 1 is 1.56 bits per heavy atom. The van der Waals surface area contributed by atoms with Crippen molar-refractivity contribution < 1.29 is 40.3 Å². The fraction of sp³-hybridized carbons (Fsp3) is 0.368. The zero-order chi connectivity index (χ0) is 17.0. The van der Waals surface area contributed by atoms with E-state index in [-0.39, 0.29) is 50.1 Å². The fourth-order valence-electron chi connectivity index (χ4n) is 3.10. The van der Waals surface area contributed by atoms with Crippen LogP contribution < -0.4 is 5.73 Å². The van der Waals surface area contributed by atoms with Crippen molar-refractivity contribution in [2.75, 3.05) is 12.3 Å². The molecule has 2 N–H and O–H groups in total. The largest absolute Gasteiger partial charge is 2.00 e. The number of likely N-dealkylation sites (tertiary alicyclic amines) is 1. The number of benzene rings is 1. The molecule has 0 radical (unpaired) electrons. The van der Waals surface area contributed by atoms with Crippen LogP contribution in [0.3, 0.4) is 0 Å².